The highest BCUT2D eigenvalue weighted by atomic mass is 16.6. The monoisotopic (exact) mass is 1150 g/mol. The second-order valence-corrected chi connectivity index (χ2v) is 24.5. The number of unbranched alkanes of at least 4 members (excludes halogenated alkanes) is 46. The lowest BCUT2D eigenvalue weighted by Gasteiger charge is -2.18. The summed E-state index contributed by atoms with van der Waals surface area (Å²) in [5.74, 6) is -0.874. The lowest BCUT2D eigenvalue weighted by molar-refractivity contribution is -0.167. The highest BCUT2D eigenvalue weighted by molar-refractivity contribution is 5.71. The second kappa shape index (κ2) is 70.6. The minimum Gasteiger partial charge on any atom is -0.462 e. The van der Waals surface area contributed by atoms with Crippen LogP contribution < -0.4 is 0 Å². The van der Waals surface area contributed by atoms with Gasteiger partial charge in [0.15, 0.2) is 6.10 Å². The Morgan fingerprint density at radius 1 is 0.256 bits per heavy atom. The van der Waals surface area contributed by atoms with Crippen molar-refractivity contribution in [2.75, 3.05) is 13.2 Å². The van der Waals surface area contributed by atoms with Crippen LogP contribution in [0, 0.1) is 0 Å². The molecule has 0 N–H and O–H groups in total. The smallest absolute Gasteiger partial charge is 0.306 e. The molecule has 0 aliphatic carbocycles. The molecule has 0 aromatic rings. The van der Waals surface area contributed by atoms with Crippen molar-refractivity contribution in [2.24, 2.45) is 0 Å². The van der Waals surface area contributed by atoms with Gasteiger partial charge in [-0.2, -0.15) is 0 Å². The summed E-state index contributed by atoms with van der Waals surface area (Å²) in [7, 11) is 0. The fourth-order valence-corrected chi connectivity index (χ4v) is 10.9. The van der Waals surface area contributed by atoms with Gasteiger partial charge in [0.05, 0.1) is 0 Å². The van der Waals surface area contributed by atoms with Gasteiger partial charge < -0.3 is 14.2 Å². The van der Waals surface area contributed by atoms with Crippen LogP contribution in [-0.2, 0) is 28.6 Å². The van der Waals surface area contributed by atoms with Crippen LogP contribution in [0.1, 0.15) is 387 Å². The first kappa shape index (κ1) is 79.1. The molecule has 0 fully saturated rings. The van der Waals surface area contributed by atoms with E-state index in [0.717, 1.165) is 103 Å². The minimum atomic E-state index is -0.774. The van der Waals surface area contributed by atoms with Crippen LogP contribution in [0.25, 0.3) is 0 Å². The van der Waals surface area contributed by atoms with E-state index in [1.807, 2.05) is 0 Å². The zero-order chi connectivity index (χ0) is 59.2. The van der Waals surface area contributed by atoms with Gasteiger partial charge in [0.25, 0.3) is 0 Å². The average molecular weight is 1150 g/mol. The summed E-state index contributed by atoms with van der Waals surface area (Å²) in [6.07, 6.45) is 91.9. The number of ether oxygens (including phenoxy) is 3. The van der Waals surface area contributed by atoms with Gasteiger partial charge in [-0.3, -0.25) is 14.4 Å². The molecule has 0 aromatic heterocycles. The topological polar surface area (TPSA) is 78.9 Å². The standard InChI is InChI=1S/C76H138O6/c1-4-7-10-13-15-17-19-21-23-25-27-29-31-33-34-35-36-37-38-39-40-41-43-44-46-48-50-52-54-56-58-60-63-66-69-75(78)81-72-73(71-80-74(77)68-65-62-12-9-6-3)82-76(79)70-67-64-61-59-57-55-53-51-49-47-45-42-32-30-28-26-24-22-20-18-16-14-11-8-5-2/h8,11,16,18,22,24,28,30,42,45,73H,4-7,9-10,12-15,17,19-21,23,25-27,29,31-41,43-44,46-72H2,1-3H3/b11-8-,18-16-,24-22-,30-28-,45-42-. The first-order chi connectivity index (χ1) is 40.5. The summed E-state index contributed by atoms with van der Waals surface area (Å²) in [5, 5.41) is 0. The quantitative estimate of drug-likeness (QED) is 0.0261. The van der Waals surface area contributed by atoms with Crippen molar-refractivity contribution in [2.45, 2.75) is 393 Å². The van der Waals surface area contributed by atoms with E-state index in [1.165, 1.54) is 244 Å². The number of hydrogen-bond donors (Lipinski definition) is 0. The van der Waals surface area contributed by atoms with Crippen molar-refractivity contribution < 1.29 is 28.6 Å². The summed E-state index contributed by atoms with van der Waals surface area (Å²) in [5.41, 5.74) is 0. The highest BCUT2D eigenvalue weighted by Crippen LogP contribution is 2.19. The number of allylic oxidation sites excluding steroid dienone is 10. The maximum Gasteiger partial charge on any atom is 0.306 e. The lowest BCUT2D eigenvalue weighted by Crippen LogP contribution is -2.30. The van der Waals surface area contributed by atoms with Crippen molar-refractivity contribution in [3.63, 3.8) is 0 Å². The Labute approximate surface area is 510 Å². The molecular formula is C76H138O6. The molecule has 0 radical (unpaired) electrons. The molecular weight excluding hydrogens is 1010 g/mol. The summed E-state index contributed by atoms with van der Waals surface area (Å²) in [6, 6.07) is 0. The number of carbonyl (C=O) groups is 3. The third-order valence-corrected chi connectivity index (χ3v) is 16.3. The Balaban J connectivity index is 3.90. The average Bonchev–Trinajstić information content (AvgIpc) is 3.47. The van der Waals surface area contributed by atoms with E-state index in [1.54, 1.807) is 0 Å². The number of rotatable bonds is 67. The molecule has 0 aliphatic rings. The van der Waals surface area contributed by atoms with Crippen molar-refractivity contribution in [3.8, 4) is 0 Å². The predicted octanol–water partition coefficient (Wildman–Crippen LogP) is 25.1. The normalized spacial score (nSPS) is 12.4. The first-order valence-corrected chi connectivity index (χ1v) is 36.3. The maximum atomic E-state index is 12.9. The summed E-state index contributed by atoms with van der Waals surface area (Å²) >= 11 is 0. The molecule has 0 saturated carbocycles. The first-order valence-electron chi connectivity index (χ1n) is 36.3. The van der Waals surface area contributed by atoms with Gasteiger partial charge in [0.1, 0.15) is 13.2 Å². The van der Waals surface area contributed by atoms with E-state index < -0.39 is 6.10 Å². The number of esters is 3. The van der Waals surface area contributed by atoms with E-state index in [-0.39, 0.29) is 31.1 Å². The molecule has 1 unspecified atom stereocenters. The van der Waals surface area contributed by atoms with Crippen molar-refractivity contribution in [1.82, 2.24) is 0 Å². The Bertz CT molecular complexity index is 1460. The van der Waals surface area contributed by atoms with Gasteiger partial charge in [0.2, 0.25) is 0 Å². The van der Waals surface area contributed by atoms with Gasteiger partial charge in [-0.25, -0.2) is 0 Å². The lowest BCUT2D eigenvalue weighted by atomic mass is 10.0. The van der Waals surface area contributed by atoms with Crippen LogP contribution >= 0.6 is 0 Å². The second-order valence-electron chi connectivity index (χ2n) is 24.5. The largest absolute Gasteiger partial charge is 0.462 e. The molecule has 478 valence electrons. The van der Waals surface area contributed by atoms with E-state index in [0.29, 0.717) is 19.3 Å². The highest BCUT2D eigenvalue weighted by Gasteiger charge is 2.19. The van der Waals surface area contributed by atoms with Gasteiger partial charge in [-0.15, -0.1) is 0 Å². The van der Waals surface area contributed by atoms with Gasteiger partial charge >= 0.3 is 17.9 Å². The molecule has 0 aromatic carbocycles. The summed E-state index contributed by atoms with van der Waals surface area (Å²) in [6.45, 7) is 6.50. The number of carbonyl (C=O) groups excluding carboxylic acids is 3. The van der Waals surface area contributed by atoms with E-state index in [2.05, 4.69) is 81.5 Å². The molecule has 1 atom stereocenters. The van der Waals surface area contributed by atoms with Crippen LogP contribution in [0.3, 0.4) is 0 Å². The molecule has 6 heteroatoms. The van der Waals surface area contributed by atoms with Crippen molar-refractivity contribution in [1.29, 1.82) is 0 Å². The van der Waals surface area contributed by atoms with Crippen molar-refractivity contribution >= 4 is 17.9 Å². The van der Waals surface area contributed by atoms with Gasteiger partial charge in [-0.1, -0.05) is 364 Å². The fraction of sp³-hybridized carbons (Fsp3) is 0.829. The zero-order valence-electron chi connectivity index (χ0n) is 55.0. The third-order valence-electron chi connectivity index (χ3n) is 16.3. The molecule has 0 saturated heterocycles. The molecule has 82 heavy (non-hydrogen) atoms. The summed E-state index contributed by atoms with van der Waals surface area (Å²) in [4.78, 5) is 38.0. The molecule has 0 rings (SSSR count). The molecule has 0 aliphatic heterocycles. The predicted molar refractivity (Wildman–Crippen MR) is 358 cm³/mol. The molecule has 0 spiro atoms. The van der Waals surface area contributed by atoms with Crippen LogP contribution in [0.5, 0.6) is 0 Å². The zero-order valence-corrected chi connectivity index (χ0v) is 55.0. The van der Waals surface area contributed by atoms with Crippen LogP contribution in [0.2, 0.25) is 0 Å². The Morgan fingerprint density at radius 2 is 0.476 bits per heavy atom. The van der Waals surface area contributed by atoms with E-state index >= 15 is 0 Å². The fourth-order valence-electron chi connectivity index (χ4n) is 10.9. The van der Waals surface area contributed by atoms with E-state index in [4.69, 9.17) is 14.2 Å². The van der Waals surface area contributed by atoms with Crippen LogP contribution in [0.15, 0.2) is 60.8 Å². The van der Waals surface area contributed by atoms with Gasteiger partial charge in [0, 0.05) is 19.3 Å². The van der Waals surface area contributed by atoms with Gasteiger partial charge in [-0.05, 0) is 64.2 Å². The van der Waals surface area contributed by atoms with Crippen LogP contribution in [-0.4, -0.2) is 37.2 Å². The number of hydrogen-bond acceptors (Lipinski definition) is 6. The SMILES string of the molecule is CC/C=C\C/C=C\C/C=C\C/C=C\C/C=C\CCCCCCCCCCCC(=O)OC(COC(=O)CCCCCCC)COC(=O)CCCCCCCCCCCCCCCCCCCCCCCCCCCCCCCCCCCC. The van der Waals surface area contributed by atoms with Crippen LogP contribution in [0.4, 0.5) is 0 Å². The van der Waals surface area contributed by atoms with E-state index in [9.17, 15) is 14.4 Å². The molecule has 6 nitrogen and oxygen atoms in total. The Kier molecular flexibility index (Phi) is 68.1. The Morgan fingerprint density at radius 3 is 0.744 bits per heavy atom. The molecule has 0 heterocycles. The van der Waals surface area contributed by atoms with Crippen molar-refractivity contribution in [3.05, 3.63) is 60.8 Å². The Hall–Kier alpha value is -2.89. The summed E-state index contributed by atoms with van der Waals surface area (Å²) < 4.78 is 16.8. The third kappa shape index (κ3) is 67.9. The minimum absolute atomic E-state index is 0.0731. The molecule has 0 bridgehead atoms. The maximum absolute atomic E-state index is 12.9. The molecule has 0 amide bonds.